The molecule has 2 aromatic carbocycles. The van der Waals surface area contributed by atoms with Gasteiger partial charge in [-0.3, -0.25) is 9.59 Å². The molecule has 4 nitrogen and oxygen atoms in total. The number of rotatable bonds is 3. The monoisotopic (exact) mass is 308 g/mol. The molecule has 2 amide bonds. The minimum Gasteiger partial charge on any atom is -0.324 e. The molecule has 1 aliphatic rings. The second-order valence-electron chi connectivity index (χ2n) is 6.05. The van der Waals surface area contributed by atoms with Crippen LogP contribution < -0.4 is 5.32 Å². The first kappa shape index (κ1) is 15.3. The number of benzene rings is 2. The Morgan fingerprint density at radius 2 is 1.87 bits per heavy atom. The molecule has 0 spiro atoms. The molecule has 1 N–H and O–H groups in total. The Bertz CT molecular complexity index is 783. The van der Waals surface area contributed by atoms with Gasteiger partial charge in [0, 0.05) is 17.8 Å². The SMILES string of the molecule is Cc1ccc(NC(=O)C(C)N2Cc3ccccc3C2=O)cc1C. The van der Waals surface area contributed by atoms with Crippen LogP contribution in [0.3, 0.4) is 0 Å². The van der Waals surface area contributed by atoms with Gasteiger partial charge in [-0.2, -0.15) is 0 Å². The van der Waals surface area contributed by atoms with Crippen LogP contribution >= 0.6 is 0 Å². The number of anilines is 1. The molecule has 2 aromatic rings. The van der Waals surface area contributed by atoms with Crippen molar-refractivity contribution >= 4 is 17.5 Å². The Labute approximate surface area is 136 Å². The van der Waals surface area contributed by atoms with E-state index in [1.54, 1.807) is 11.8 Å². The highest BCUT2D eigenvalue weighted by Crippen LogP contribution is 2.25. The van der Waals surface area contributed by atoms with Crippen LogP contribution in [0.15, 0.2) is 42.5 Å². The van der Waals surface area contributed by atoms with E-state index in [9.17, 15) is 9.59 Å². The molecule has 0 saturated carbocycles. The van der Waals surface area contributed by atoms with Gasteiger partial charge in [0.25, 0.3) is 5.91 Å². The van der Waals surface area contributed by atoms with Gasteiger partial charge >= 0.3 is 0 Å². The summed E-state index contributed by atoms with van der Waals surface area (Å²) in [5.41, 5.74) is 4.73. The maximum absolute atomic E-state index is 12.5. The predicted molar refractivity (Wildman–Crippen MR) is 90.3 cm³/mol. The van der Waals surface area contributed by atoms with E-state index in [1.165, 1.54) is 5.56 Å². The number of amides is 2. The van der Waals surface area contributed by atoms with Gasteiger partial charge in [-0.1, -0.05) is 24.3 Å². The number of carbonyl (C=O) groups excluding carboxylic acids is 2. The van der Waals surface area contributed by atoms with Gasteiger partial charge in [0.2, 0.25) is 5.91 Å². The van der Waals surface area contributed by atoms with Crippen molar-refractivity contribution in [2.24, 2.45) is 0 Å². The Morgan fingerprint density at radius 3 is 2.57 bits per heavy atom. The molecule has 0 bridgehead atoms. The molecule has 1 atom stereocenters. The van der Waals surface area contributed by atoms with Crippen LogP contribution in [0.4, 0.5) is 5.69 Å². The Morgan fingerprint density at radius 1 is 1.13 bits per heavy atom. The Balaban J connectivity index is 1.73. The third-order valence-electron chi connectivity index (χ3n) is 4.47. The van der Waals surface area contributed by atoms with E-state index in [4.69, 9.17) is 0 Å². The molecule has 0 saturated heterocycles. The number of carbonyl (C=O) groups is 2. The summed E-state index contributed by atoms with van der Waals surface area (Å²) >= 11 is 0. The van der Waals surface area contributed by atoms with Crippen molar-refractivity contribution in [2.75, 3.05) is 5.32 Å². The van der Waals surface area contributed by atoms with Crippen molar-refractivity contribution in [3.63, 3.8) is 0 Å². The van der Waals surface area contributed by atoms with Crippen LogP contribution in [0.1, 0.15) is 34.0 Å². The predicted octanol–water partition coefficient (Wildman–Crippen LogP) is 3.29. The molecule has 0 fully saturated rings. The van der Waals surface area contributed by atoms with Crippen LogP contribution in [0.25, 0.3) is 0 Å². The summed E-state index contributed by atoms with van der Waals surface area (Å²) in [6.07, 6.45) is 0. The topological polar surface area (TPSA) is 49.4 Å². The number of hydrogen-bond donors (Lipinski definition) is 1. The van der Waals surface area contributed by atoms with E-state index in [0.717, 1.165) is 16.8 Å². The summed E-state index contributed by atoms with van der Waals surface area (Å²) in [4.78, 5) is 26.5. The number of nitrogens with one attached hydrogen (secondary N) is 1. The van der Waals surface area contributed by atoms with Crippen molar-refractivity contribution in [3.05, 3.63) is 64.7 Å². The molecule has 118 valence electrons. The van der Waals surface area contributed by atoms with Crippen LogP contribution in [-0.2, 0) is 11.3 Å². The Kier molecular flexibility index (Phi) is 3.90. The highest BCUT2D eigenvalue weighted by Gasteiger charge is 2.33. The molecule has 23 heavy (non-hydrogen) atoms. The average Bonchev–Trinajstić information content (AvgIpc) is 2.87. The van der Waals surface area contributed by atoms with Crippen molar-refractivity contribution in [2.45, 2.75) is 33.4 Å². The fourth-order valence-electron chi connectivity index (χ4n) is 2.80. The summed E-state index contributed by atoms with van der Waals surface area (Å²) in [7, 11) is 0. The minimum absolute atomic E-state index is 0.0802. The summed E-state index contributed by atoms with van der Waals surface area (Å²) in [6, 6.07) is 12.8. The van der Waals surface area contributed by atoms with Crippen molar-refractivity contribution in [1.82, 2.24) is 4.90 Å². The van der Waals surface area contributed by atoms with Gasteiger partial charge in [-0.05, 0) is 55.7 Å². The highest BCUT2D eigenvalue weighted by atomic mass is 16.2. The average molecular weight is 308 g/mol. The zero-order valence-corrected chi connectivity index (χ0v) is 13.6. The van der Waals surface area contributed by atoms with E-state index >= 15 is 0 Å². The van der Waals surface area contributed by atoms with E-state index in [0.29, 0.717) is 12.1 Å². The Hall–Kier alpha value is -2.62. The number of nitrogens with zero attached hydrogens (tertiary/aromatic N) is 1. The maximum Gasteiger partial charge on any atom is 0.255 e. The fraction of sp³-hybridized carbons (Fsp3) is 0.263. The van der Waals surface area contributed by atoms with E-state index < -0.39 is 6.04 Å². The van der Waals surface area contributed by atoms with E-state index in [1.807, 2.05) is 56.3 Å². The quantitative estimate of drug-likeness (QED) is 0.946. The minimum atomic E-state index is -0.517. The molecule has 0 aromatic heterocycles. The van der Waals surface area contributed by atoms with Gasteiger partial charge in [0.05, 0.1) is 0 Å². The maximum atomic E-state index is 12.5. The third kappa shape index (κ3) is 2.84. The first-order valence-electron chi connectivity index (χ1n) is 7.74. The summed E-state index contributed by atoms with van der Waals surface area (Å²) in [5.74, 6) is -0.252. The zero-order valence-electron chi connectivity index (χ0n) is 13.6. The van der Waals surface area contributed by atoms with Gasteiger partial charge in [0.1, 0.15) is 6.04 Å². The molecule has 4 heteroatoms. The molecule has 1 heterocycles. The van der Waals surface area contributed by atoms with Crippen LogP contribution in [0.5, 0.6) is 0 Å². The van der Waals surface area contributed by atoms with Crippen LogP contribution in [0.2, 0.25) is 0 Å². The number of hydrogen-bond acceptors (Lipinski definition) is 2. The number of fused-ring (bicyclic) bond motifs is 1. The van der Waals surface area contributed by atoms with Crippen molar-refractivity contribution in [3.8, 4) is 0 Å². The molecular weight excluding hydrogens is 288 g/mol. The summed E-state index contributed by atoms with van der Waals surface area (Å²) in [6.45, 7) is 6.29. The summed E-state index contributed by atoms with van der Waals surface area (Å²) < 4.78 is 0. The first-order chi connectivity index (χ1) is 11.0. The van der Waals surface area contributed by atoms with Crippen LogP contribution in [-0.4, -0.2) is 22.8 Å². The summed E-state index contributed by atoms with van der Waals surface area (Å²) in [5, 5.41) is 2.90. The molecule has 0 aliphatic carbocycles. The van der Waals surface area contributed by atoms with Gasteiger partial charge in [0.15, 0.2) is 0 Å². The largest absolute Gasteiger partial charge is 0.324 e. The molecule has 1 aliphatic heterocycles. The molecule has 1 unspecified atom stereocenters. The molecule has 0 radical (unpaired) electrons. The van der Waals surface area contributed by atoms with E-state index in [2.05, 4.69) is 5.32 Å². The molecule has 3 rings (SSSR count). The molecular formula is C19H20N2O2. The second-order valence-corrected chi connectivity index (χ2v) is 6.05. The lowest BCUT2D eigenvalue weighted by atomic mass is 10.1. The normalized spacial score (nSPS) is 14.6. The van der Waals surface area contributed by atoms with Gasteiger partial charge in [-0.25, -0.2) is 0 Å². The van der Waals surface area contributed by atoms with Crippen LogP contribution in [0, 0.1) is 13.8 Å². The lowest BCUT2D eigenvalue weighted by Crippen LogP contribution is -2.42. The van der Waals surface area contributed by atoms with Gasteiger partial charge < -0.3 is 10.2 Å². The van der Waals surface area contributed by atoms with Crippen molar-refractivity contribution < 1.29 is 9.59 Å². The number of aryl methyl sites for hydroxylation is 2. The smallest absolute Gasteiger partial charge is 0.255 e. The fourth-order valence-corrected chi connectivity index (χ4v) is 2.80. The van der Waals surface area contributed by atoms with Crippen molar-refractivity contribution in [1.29, 1.82) is 0 Å². The second kappa shape index (κ2) is 5.88. The zero-order chi connectivity index (χ0) is 16.6. The van der Waals surface area contributed by atoms with E-state index in [-0.39, 0.29) is 11.8 Å². The lowest BCUT2D eigenvalue weighted by molar-refractivity contribution is -0.120. The standard InChI is InChI=1S/C19H20N2O2/c1-12-8-9-16(10-13(12)2)20-18(22)14(3)21-11-15-6-4-5-7-17(15)19(21)23/h4-10,14H,11H2,1-3H3,(H,20,22). The van der Waals surface area contributed by atoms with Gasteiger partial charge in [-0.15, -0.1) is 0 Å². The lowest BCUT2D eigenvalue weighted by Gasteiger charge is -2.23. The third-order valence-corrected chi connectivity index (χ3v) is 4.47. The highest BCUT2D eigenvalue weighted by molar-refractivity contribution is 6.03. The first-order valence-corrected chi connectivity index (χ1v) is 7.74.